The Labute approximate surface area is 122 Å². The van der Waals surface area contributed by atoms with Gasteiger partial charge in [-0.25, -0.2) is 0 Å². The average molecular weight is 294 g/mol. The van der Waals surface area contributed by atoms with Gasteiger partial charge in [-0.2, -0.15) is 0 Å². The van der Waals surface area contributed by atoms with E-state index in [2.05, 4.69) is 10.3 Å². The van der Waals surface area contributed by atoms with Crippen molar-refractivity contribution < 1.29 is 4.79 Å². The van der Waals surface area contributed by atoms with Gasteiger partial charge in [-0.3, -0.25) is 9.79 Å². The molecule has 1 aliphatic heterocycles. The number of hydrogen-bond acceptors (Lipinski definition) is 4. The molecule has 0 aliphatic carbocycles. The molecule has 1 amide bonds. The molecule has 3 nitrogen and oxygen atoms in total. The number of nitrogens with zero attached hydrogens (tertiary/aromatic N) is 1. The van der Waals surface area contributed by atoms with Crippen molar-refractivity contribution in [2.75, 3.05) is 12.3 Å². The van der Waals surface area contributed by atoms with Gasteiger partial charge in [0.2, 0.25) is 5.91 Å². The fourth-order valence-electron chi connectivity index (χ4n) is 1.73. The van der Waals surface area contributed by atoms with Crippen LogP contribution in [-0.4, -0.2) is 27.8 Å². The summed E-state index contributed by atoms with van der Waals surface area (Å²) in [6.07, 6.45) is 0.824. The SMILES string of the molecule is CCC(SC1=NCCS1)C(=O)NCc1ccccc1. The predicted molar refractivity (Wildman–Crippen MR) is 84.7 cm³/mol. The molecule has 0 aromatic heterocycles. The van der Waals surface area contributed by atoms with Crippen LogP contribution in [0.25, 0.3) is 0 Å². The van der Waals surface area contributed by atoms with Crippen LogP contribution in [0, 0.1) is 0 Å². The Hall–Kier alpha value is -0.940. The molecule has 0 radical (unpaired) electrons. The van der Waals surface area contributed by atoms with E-state index in [4.69, 9.17) is 0 Å². The van der Waals surface area contributed by atoms with E-state index in [1.54, 1.807) is 23.5 Å². The summed E-state index contributed by atoms with van der Waals surface area (Å²) in [7, 11) is 0. The predicted octanol–water partition coefficient (Wildman–Crippen LogP) is 2.92. The van der Waals surface area contributed by atoms with E-state index in [-0.39, 0.29) is 11.2 Å². The zero-order valence-electron chi connectivity index (χ0n) is 11.0. The number of nitrogens with one attached hydrogen (secondary N) is 1. The molecule has 0 fully saturated rings. The maximum Gasteiger partial charge on any atom is 0.233 e. The second kappa shape index (κ2) is 7.60. The van der Waals surface area contributed by atoms with Crippen LogP contribution in [-0.2, 0) is 11.3 Å². The summed E-state index contributed by atoms with van der Waals surface area (Å²) in [4.78, 5) is 16.5. The van der Waals surface area contributed by atoms with E-state index in [1.807, 2.05) is 37.3 Å². The molecule has 1 aromatic rings. The standard InChI is InChI=1S/C14H18N2OS2/c1-2-12(19-14-15-8-9-18-14)13(17)16-10-11-6-4-3-5-7-11/h3-7,12H,2,8-10H2,1H3,(H,16,17). The van der Waals surface area contributed by atoms with Crippen molar-refractivity contribution in [1.29, 1.82) is 0 Å². The van der Waals surface area contributed by atoms with Crippen molar-refractivity contribution >= 4 is 33.8 Å². The van der Waals surface area contributed by atoms with E-state index in [9.17, 15) is 4.79 Å². The average Bonchev–Trinajstić information content (AvgIpc) is 2.96. The molecular formula is C14H18N2OS2. The summed E-state index contributed by atoms with van der Waals surface area (Å²) in [5.41, 5.74) is 1.13. The number of rotatable bonds is 5. The van der Waals surface area contributed by atoms with E-state index in [0.717, 1.165) is 28.7 Å². The molecule has 0 saturated carbocycles. The Morgan fingerprint density at radius 2 is 2.26 bits per heavy atom. The number of thioether (sulfide) groups is 2. The molecule has 1 heterocycles. The van der Waals surface area contributed by atoms with Crippen LogP contribution in [0.3, 0.4) is 0 Å². The van der Waals surface area contributed by atoms with Crippen LogP contribution < -0.4 is 5.32 Å². The summed E-state index contributed by atoms with van der Waals surface area (Å²) in [6.45, 7) is 3.52. The summed E-state index contributed by atoms with van der Waals surface area (Å²) in [5.74, 6) is 1.15. The molecule has 1 unspecified atom stereocenters. The van der Waals surface area contributed by atoms with Gasteiger partial charge in [-0.15, -0.1) is 0 Å². The third kappa shape index (κ3) is 4.58. The van der Waals surface area contributed by atoms with Gasteiger partial charge in [-0.1, -0.05) is 60.8 Å². The molecule has 5 heteroatoms. The van der Waals surface area contributed by atoms with E-state index >= 15 is 0 Å². The van der Waals surface area contributed by atoms with Crippen LogP contribution in [0.1, 0.15) is 18.9 Å². The summed E-state index contributed by atoms with van der Waals surface area (Å²) < 4.78 is 1.06. The number of carbonyl (C=O) groups is 1. The Balaban J connectivity index is 1.83. The highest BCUT2D eigenvalue weighted by atomic mass is 32.2. The Morgan fingerprint density at radius 1 is 1.47 bits per heavy atom. The minimum Gasteiger partial charge on any atom is -0.351 e. The van der Waals surface area contributed by atoms with Gasteiger partial charge < -0.3 is 5.32 Å². The molecular weight excluding hydrogens is 276 g/mol. The first-order valence-electron chi connectivity index (χ1n) is 6.45. The fourth-order valence-corrected chi connectivity index (χ4v) is 3.91. The lowest BCUT2D eigenvalue weighted by atomic mass is 10.2. The smallest absolute Gasteiger partial charge is 0.233 e. The molecule has 0 bridgehead atoms. The number of carbonyl (C=O) groups excluding carboxylic acids is 1. The van der Waals surface area contributed by atoms with Gasteiger partial charge >= 0.3 is 0 Å². The van der Waals surface area contributed by atoms with Gasteiger partial charge in [0, 0.05) is 12.3 Å². The quantitative estimate of drug-likeness (QED) is 0.908. The molecule has 1 atom stereocenters. The highest BCUT2D eigenvalue weighted by Crippen LogP contribution is 2.27. The van der Waals surface area contributed by atoms with Crippen LogP contribution in [0.5, 0.6) is 0 Å². The molecule has 1 aliphatic rings. The third-order valence-electron chi connectivity index (χ3n) is 2.77. The van der Waals surface area contributed by atoms with Crippen molar-refractivity contribution in [3.8, 4) is 0 Å². The maximum absolute atomic E-state index is 12.1. The number of hydrogen-bond donors (Lipinski definition) is 1. The van der Waals surface area contributed by atoms with Gasteiger partial charge in [0.25, 0.3) is 0 Å². The molecule has 1 N–H and O–H groups in total. The molecule has 2 rings (SSSR count). The van der Waals surface area contributed by atoms with Gasteiger partial charge in [0.15, 0.2) is 0 Å². The highest BCUT2D eigenvalue weighted by Gasteiger charge is 2.21. The van der Waals surface area contributed by atoms with Gasteiger partial charge in [-0.05, 0) is 12.0 Å². The van der Waals surface area contributed by atoms with Gasteiger partial charge in [0.05, 0.1) is 11.8 Å². The molecule has 0 spiro atoms. The van der Waals surface area contributed by atoms with Gasteiger partial charge in [0.1, 0.15) is 4.38 Å². The minimum atomic E-state index is -0.0342. The van der Waals surface area contributed by atoms with Crippen LogP contribution in [0.15, 0.2) is 35.3 Å². The second-order valence-electron chi connectivity index (χ2n) is 4.21. The van der Waals surface area contributed by atoms with Crippen molar-refractivity contribution in [1.82, 2.24) is 5.32 Å². The third-order valence-corrected chi connectivity index (χ3v) is 5.34. The zero-order valence-corrected chi connectivity index (χ0v) is 12.6. The minimum absolute atomic E-state index is 0.0342. The monoisotopic (exact) mass is 294 g/mol. The lowest BCUT2D eigenvalue weighted by Gasteiger charge is -2.14. The molecule has 102 valence electrons. The van der Waals surface area contributed by atoms with Crippen molar-refractivity contribution in [2.24, 2.45) is 4.99 Å². The first-order valence-corrected chi connectivity index (χ1v) is 8.31. The Morgan fingerprint density at radius 3 is 2.89 bits per heavy atom. The normalized spacial score (nSPS) is 15.9. The molecule has 0 saturated heterocycles. The second-order valence-corrected chi connectivity index (χ2v) is 6.75. The Kier molecular flexibility index (Phi) is 5.79. The lowest BCUT2D eigenvalue weighted by Crippen LogP contribution is -2.32. The lowest BCUT2D eigenvalue weighted by molar-refractivity contribution is -0.120. The summed E-state index contributed by atoms with van der Waals surface area (Å²) in [5, 5.41) is 2.97. The number of aliphatic imine (C=N–C) groups is 1. The molecule has 19 heavy (non-hydrogen) atoms. The first kappa shape index (κ1) is 14.5. The largest absolute Gasteiger partial charge is 0.351 e. The fraction of sp³-hybridized carbons (Fsp3) is 0.429. The number of amides is 1. The summed E-state index contributed by atoms with van der Waals surface area (Å²) >= 11 is 3.35. The number of benzene rings is 1. The van der Waals surface area contributed by atoms with Crippen molar-refractivity contribution in [3.05, 3.63) is 35.9 Å². The summed E-state index contributed by atoms with van der Waals surface area (Å²) in [6, 6.07) is 9.98. The molecule has 1 aromatic carbocycles. The highest BCUT2D eigenvalue weighted by molar-refractivity contribution is 8.39. The maximum atomic E-state index is 12.1. The van der Waals surface area contributed by atoms with Crippen LogP contribution in [0.4, 0.5) is 0 Å². The van der Waals surface area contributed by atoms with Crippen molar-refractivity contribution in [3.63, 3.8) is 0 Å². The van der Waals surface area contributed by atoms with E-state index in [1.165, 1.54) is 0 Å². The van der Waals surface area contributed by atoms with Crippen LogP contribution >= 0.6 is 23.5 Å². The van der Waals surface area contributed by atoms with E-state index in [0.29, 0.717) is 6.54 Å². The van der Waals surface area contributed by atoms with E-state index < -0.39 is 0 Å². The topological polar surface area (TPSA) is 41.5 Å². The Bertz CT molecular complexity index is 448. The van der Waals surface area contributed by atoms with Crippen molar-refractivity contribution in [2.45, 2.75) is 25.1 Å². The zero-order chi connectivity index (χ0) is 13.5. The first-order chi connectivity index (χ1) is 9.29. The van der Waals surface area contributed by atoms with Crippen LogP contribution in [0.2, 0.25) is 0 Å².